The smallest absolute Gasteiger partial charge is 0.159 e. The van der Waals surface area contributed by atoms with Crippen LogP contribution in [-0.2, 0) is 5.54 Å². The summed E-state index contributed by atoms with van der Waals surface area (Å²) in [4.78, 5) is 11.3. The van der Waals surface area contributed by atoms with E-state index in [2.05, 4.69) is 21.0 Å². The van der Waals surface area contributed by atoms with Gasteiger partial charge in [0.05, 0.1) is 11.1 Å². The molecule has 0 aliphatic carbocycles. The second kappa shape index (κ2) is 5.09. The zero-order chi connectivity index (χ0) is 15.1. The van der Waals surface area contributed by atoms with Crippen LogP contribution in [0.15, 0.2) is 22.8 Å². The predicted molar refractivity (Wildman–Crippen MR) is 75.7 cm³/mol. The van der Waals surface area contributed by atoms with Crippen molar-refractivity contribution in [3.63, 3.8) is 0 Å². The zero-order valence-electron chi connectivity index (χ0n) is 11.2. The number of aldehydes is 1. The van der Waals surface area contributed by atoms with E-state index < -0.39 is 11.6 Å². The van der Waals surface area contributed by atoms with Crippen LogP contribution in [0.2, 0.25) is 0 Å². The molecule has 0 atom stereocenters. The number of carbonyl (C=O) groups is 1. The lowest BCUT2D eigenvalue weighted by molar-refractivity contribution is 0.112. The molecule has 0 aliphatic heterocycles. The highest BCUT2D eigenvalue weighted by Crippen LogP contribution is 2.32. The van der Waals surface area contributed by atoms with E-state index in [1.165, 1.54) is 6.07 Å². The average Bonchev–Trinajstić information content (AvgIpc) is 2.69. The van der Waals surface area contributed by atoms with Crippen molar-refractivity contribution in [2.75, 3.05) is 0 Å². The maximum atomic E-state index is 13.3. The van der Waals surface area contributed by atoms with E-state index in [0.717, 1.165) is 12.1 Å². The topological polar surface area (TPSA) is 34.9 Å². The van der Waals surface area contributed by atoms with Gasteiger partial charge in [-0.1, -0.05) is 0 Å². The largest absolute Gasteiger partial charge is 0.298 e. The van der Waals surface area contributed by atoms with Gasteiger partial charge in [0.25, 0.3) is 0 Å². The van der Waals surface area contributed by atoms with Gasteiger partial charge >= 0.3 is 0 Å². The van der Waals surface area contributed by atoms with Crippen molar-refractivity contribution in [2.45, 2.75) is 26.3 Å². The van der Waals surface area contributed by atoms with Gasteiger partial charge in [-0.2, -0.15) is 5.10 Å². The molecular weight excluding hydrogens is 330 g/mol. The van der Waals surface area contributed by atoms with Crippen molar-refractivity contribution in [1.82, 2.24) is 9.78 Å². The monoisotopic (exact) mass is 342 g/mol. The van der Waals surface area contributed by atoms with E-state index in [0.29, 0.717) is 27.7 Å². The quantitative estimate of drug-likeness (QED) is 0.768. The number of rotatable bonds is 2. The van der Waals surface area contributed by atoms with Crippen molar-refractivity contribution in [2.24, 2.45) is 0 Å². The first-order valence-electron chi connectivity index (χ1n) is 5.95. The second-order valence-electron chi connectivity index (χ2n) is 5.38. The van der Waals surface area contributed by atoms with Crippen LogP contribution in [-0.4, -0.2) is 16.1 Å². The highest BCUT2D eigenvalue weighted by Gasteiger charge is 2.24. The molecule has 2 aromatic rings. The molecule has 1 aromatic heterocycles. The molecule has 0 radical (unpaired) electrons. The fourth-order valence-electron chi connectivity index (χ4n) is 1.82. The van der Waals surface area contributed by atoms with Crippen molar-refractivity contribution in [3.8, 4) is 11.3 Å². The Labute approximate surface area is 123 Å². The highest BCUT2D eigenvalue weighted by molar-refractivity contribution is 9.10. The van der Waals surface area contributed by atoms with Gasteiger partial charge in [-0.15, -0.1) is 0 Å². The molecule has 0 amide bonds. The maximum Gasteiger partial charge on any atom is 0.159 e. The number of benzene rings is 1. The number of carbonyl (C=O) groups excluding carboxylic acids is 1. The van der Waals surface area contributed by atoms with Crippen LogP contribution in [0.1, 0.15) is 31.1 Å². The van der Waals surface area contributed by atoms with E-state index in [-0.39, 0.29) is 5.54 Å². The minimum absolute atomic E-state index is 0.311. The lowest BCUT2D eigenvalue weighted by Crippen LogP contribution is -2.23. The van der Waals surface area contributed by atoms with Gasteiger partial charge in [0.2, 0.25) is 0 Å². The third-order valence-corrected chi connectivity index (χ3v) is 3.57. The van der Waals surface area contributed by atoms with Crippen molar-refractivity contribution in [3.05, 3.63) is 40.0 Å². The summed E-state index contributed by atoms with van der Waals surface area (Å²) in [6.45, 7) is 5.77. The maximum absolute atomic E-state index is 13.3. The van der Waals surface area contributed by atoms with E-state index in [9.17, 15) is 13.6 Å². The molecule has 20 heavy (non-hydrogen) atoms. The molecule has 0 saturated carbocycles. The van der Waals surface area contributed by atoms with E-state index in [1.54, 1.807) is 4.68 Å². The van der Waals surface area contributed by atoms with Crippen LogP contribution in [0.4, 0.5) is 8.78 Å². The first kappa shape index (κ1) is 14.8. The number of hydrogen-bond acceptors (Lipinski definition) is 2. The third kappa shape index (κ3) is 2.52. The number of nitrogens with zero attached hydrogens (tertiary/aromatic N) is 2. The van der Waals surface area contributed by atoms with E-state index in [4.69, 9.17) is 0 Å². The zero-order valence-corrected chi connectivity index (χ0v) is 12.8. The molecule has 0 fully saturated rings. The van der Waals surface area contributed by atoms with Gasteiger partial charge < -0.3 is 0 Å². The Hall–Kier alpha value is -1.56. The van der Waals surface area contributed by atoms with Crippen LogP contribution in [0.25, 0.3) is 11.3 Å². The van der Waals surface area contributed by atoms with Crippen LogP contribution < -0.4 is 0 Å². The summed E-state index contributed by atoms with van der Waals surface area (Å²) in [7, 11) is 0. The Morgan fingerprint density at radius 1 is 1.25 bits per heavy atom. The van der Waals surface area contributed by atoms with Crippen LogP contribution in [0.5, 0.6) is 0 Å². The second-order valence-corrected chi connectivity index (χ2v) is 6.13. The number of aromatic nitrogens is 2. The van der Waals surface area contributed by atoms with Crippen LogP contribution in [0, 0.1) is 11.6 Å². The molecule has 6 heteroatoms. The molecule has 1 aromatic carbocycles. The fraction of sp³-hybridized carbons (Fsp3) is 0.286. The minimum atomic E-state index is -0.971. The summed E-state index contributed by atoms with van der Waals surface area (Å²) in [6, 6.07) is 3.44. The van der Waals surface area contributed by atoms with Gasteiger partial charge in [0.1, 0.15) is 10.3 Å². The molecule has 3 nitrogen and oxygen atoms in total. The van der Waals surface area contributed by atoms with Gasteiger partial charge in [-0.25, -0.2) is 8.78 Å². The Kier molecular flexibility index (Phi) is 3.77. The molecule has 0 spiro atoms. The normalized spacial score (nSPS) is 11.7. The number of halogens is 3. The molecule has 0 unspecified atom stereocenters. The molecule has 0 aliphatic rings. The summed E-state index contributed by atoms with van der Waals surface area (Å²) in [5.74, 6) is -1.91. The highest BCUT2D eigenvalue weighted by atomic mass is 79.9. The van der Waals surface area contributed by atoms with Crippen molar-refractivity contribution in [1.29, 1.82) is 0 Å². The predicted octanol–water partition coefficient (Wildman–Crippen LogP) is 4.16. The average molecular weight is 343 g/mol. The standard InChI is InChI=1S/C14H13BrF2N2O/c1-14(2,3)19-13(15)9(7-20)12(18-19)8-4-5-10(16)11(17)6-8/h4-7H,1-3H3. The Balaban J connectivity index is 2.68. The van der Waals surface area contributed by atoms with E-state index in [1.807, 2.05) is 20.8 Å². The molecule has 2 rings (SSSR count). The van der Waals surface area contributed by atoms with Gasteiger partial charge in [0.15, 0.2) is 17.9 Å². The van der Waals surface area contributed by atoms with Gasteiger partial charge in [-0.05, 0) is 54.9 Å². The van der Waals surface area contributed by atoms with E-state index >= 15 is 0 Å². The van der Waals surface area contributed by atoms with Crippen molar-refractivity contribution < 1.29 is 13.6 Å². The molecular formula is C14H13BrF2N2O. The number of hydrogen-bond donors (Lipinski definition) is 0. The summed E-state index contributed by atoms with van der Waals surface area (Å²) in [5, 5.41) is 4.34. The molecule has 106 valence electrons. The summed E-state index contributed by atoms with van der Waals surface area (Å²) in [5.41, 5.74) is 0.634. The van der Waals surface area contributed by atoms with Crippen LogP contribution >= 0.6 is 15.9 Å². The third-order valence-electron chi connectivity index (χ3n) is 2.81. The lowest BCUT2D eigenvalue weighted by Gasteiger charge is -2.20. The minimum Gasteiger partial charge on any atom is -0.298 e. The molecule has 0 bridgehead atoms. The Morgan fingerprint density at radius 3 is 2.40 bits per heavy atom. The lowest BCUT2D eigenvalue weighted by atomic mass is 10.1. The first-order chi connectivity index (χ1) is 9.25. The summed E-state index contributed by atoms with van der Waals surface area (Å²) >= 11 is 3.33. The summed E-state index contributed by atoms with van der Waals surface area (Å²) in [6.07, 6.45) is 0.649. The first-order valence-corrected chi connectivity index (χ1v) is 6.74. The Bertz CT molecular complexity index is 675. The molecule has 0 N–H and O–H groups in total. The fourth-order valence-corrected chi connectivity index (χ4v) is 2.71. The molecule has 1 heterocycles. The van der Waals surface area contributed by atoms with Crippen LogP contribution in [0.3, 0.4) is 0 Å². The SMILES string of the molecule is CC(C)(C)n1nc(-c2ccc(F)c(F)c2)c(C=O)c1Br. The van der Waals surface area contributed by atoms with Gasteiger partial charge in [-0.3, -0.25) is 9.48 Å². The Morgan fingerprint density at radius 2 is 1.90 bits per heavy atom. The summed E-state index contributed by atoms with van der Waals surface area (Å²) < 4.78 is 28.5. The van der Waals surface area contributed by atoms with Gasteiger partial charge in [0, 0.05) is 5.56 Å². The van der Waals surface area contributed by atoms with Crippen molar-refractivity contribution >= 4 is 22.2 Å². The molecule has 0 saturated heterocycles.